The highest BCUT2D eigenvalue weighted by Crippen LogP contribution is 2.41. The summed E-state index contributed by atoms with van der Waals surface area (Å²) in [6.07, 6.45) is 42.1. The standard InChI is InChI=1S/C54H77NS/c1-3-5-7-9-11-13-15-17-19-21-23-25-27-29-31-43-33-35-45-47-37-40-50-48(53(47)55-51(45)41-43)38-39-49-46-36-34-44(42-52(46)56-54(49)50)32-30-28-26-24-22-20-18-16-14-12-10-8-6-4-2/h33-42,55H,3-32H2,1-2H3. The van der Waals surface area contributed by atoms with Crippen molar-refractivity contribution in [2.75, 3.05) is 0 Å². The second kappa shape index (κ2) is 24.2. The lowest BCUT2D eigenvalue weighted by Crippen LogP contribution is -1.87. The van der Waals surface area contributed by atoms with Gasteiger partial charge >= 0.3 is 0 Å². The largest absolute Gasteiger partial charge is 0.354 e. The van der Waals surface area contributed by atoms with Crippen molar-refractivity contribution in [3.8, 4) is 0 Å². The smallest absolute Gasteiger partial charge is 0.0545 e. The molecule has 4 aromatic carbocycles. The van der Waals surface area contributed by atoms with Crippen LogP contribution in [0.5, 0.6) is 0 Å². The molecule has 0 fully saturated rings. The van der Waals surface area contributed by atoms with Crippen molar-refractivity contribution < 1.29 is 0 Å². The first-order valence-corrected chi connectivity index (χ1v) is 24.9. The lowest BCUT2D eigenvalue weighted by atomic mass is 10.0. The molecule has 0 saturated carbocycles. The Balaban J connectivity index is 0.942. The minimum atomic E-state index is 1.19. The van der Waals surface area contributed by atoms with Gasteiger partial charge in [0.1, 0.15) is 0 Å². The maximum atomic E-state index is 3.89. The number of fused-ring (bicyclic) bond motifs is 9. The van der Waals surface area contributed by atoms with E-state index >= 15 is 0 Å². The normalized spacial score (nSPS) is 12.1. The zero-order valence-electron chi connectivity index (χ0n) is 35.9. The molecule has 0 saturated heterocycles. The number of nitrogens with one attached hydrogen (secondary N) is 1. The summed E-state index contributed by atoms with van der Waals surface area (Å²) in [4.78, 5) is 3.89. The van der Waals surface area contributed by atoms with E-state index in [4.69, 9.17) is 0 Å². The Morgan fingerprint density at radius 1 is 0.357 bits per heavy atom. The van der Waals surface area contributed by atoms with Crippen LogP contribution in [0.4, 0.5) is 0 Å². The van der Waals surface area contributed by atoms with Crippen LogP contribution in [-0.4, -0.2) is 4.98 Å². The van der Waals surface area contributed by atoms with Gasteiger partial charge in [-0.15, -0.1) is 11.3 Å². The van der Waals surface area contributed by atoms with Crippen LogP contribution in [0.2, 0.25) is 0 Å². The van der Waals surface area contributed by atoms with Crippen LogP contribution in [0.3, 0.4) is 0 Å². The second-order valence-electron chi connectivity index (χ2n) is 17.7. The number of thiophene rings is 1. The van der Waals surface area contributed by atoms with E-state index in [-0.39, 0.29) is 0 Å². The summed E-state index contributed by atoms with van der Waals surface area (Å²) in [6.45, 7) is 4.61. The highest BCUT2D eigenvalue weighted by molar-refractivity contribution is 7.26. The molecule has 0 bridgehead atoms. The number of H-pyrrole nitrogens is 1. The molecule has 0 aliphatic rings. The van der Waals surface area contributed by atoms with Crippen molar-refractivity contribution in [2.24, 2.45) is 0 Å². The number of unbranched alkanes of at least 4 members (excludes halogenated alkanes) is 26. The third-order valence-electron chi connectivity index (χ3n) is 13.0. The average Bonchev–Trinajstić information content (AvgIpc) is 3.79. The third kappa shape index (κ3) is 12.6. The van der Waals surface area contributed by atoms with E-state index in [0.717, 1.165) is 0 Å². The molecule has 0 aliphatic carbocycles. The molecule has 56 heavy (non-hydrogen) atoms. The number of aromatic amines is 1. The third-order valence-corrected chi connectivity index (χ3v) is 14.2. The summed E-state index contributed by atoms with van der Waals surface area (Å²) in [5, 5.41) is 8.28. The predicted octanol–water partition coefficient (Wildman–Crippen LogP) is 18.9. The van der Waals surface area contributed by atoms with Crippen LogP contribution in [0.25, 0.3) is 52.8 Å². The van der Waals surface area contributed by atoms with Gasteiger partial charge in [0.2, 0.25) is 0 Å². The van der Waals surface area contributed by atoms with E-state index in [9.17, 15) is 0 Å². The highest BCUT2D eigenvalue weighted by Gasteiger charge is 2.14. The number of hydrogen-bond acceptors (Lipinski definition) is 1. The van der Waals surface area contributed by atoms with Crippen LogP contribution >= 0.6 is 11.3 Å². The van der Waals surface area contributed by atoms with Gasteiger partial charge in [-0.1, -0.05) is 229 Å². The van der Waals surface area contributed by atoms with E-state index in [1.807, 2.05) is 11.3 Å². The topological polar surface area (TPSA) is 15.8 Å². The van der Waals surface area contributed by atoms with Gasteiger partial charge in [0.25, 0.3) is 0 Å². The Kier molecular flexibility index (Phi) is 18.5. The molecule has 0 atom stereocenters. The Morgan fingerprint density at radius 2 is 0.714 bits per heavy atom. The lowest BCUT2D eigenvalue weighted by molar-refractivity contribution is 0.535. The van der Waals surface area contributed by atoms with Gasteiger partial charge in [-0.3, -0.25) is 0 Å². The highest BCUT2D eigenvalue weighted by atomic mass is 32.1. The zero-order valence-corrected chi connectivity index (χ0v) is 36.7. The van der Waals surface area contributed by atoms with Gasteiger partial charge in [0, 0.05) is 47.2 Å². The Hall–Kier alpha value is -2.84. The molecule has 0 amide bonds. The summed E-state index contributed by atoms with van der Waals surface area (Å²) in [5.41, 5.74) is 5.57. The summed E-state index contributed by atoms with van der Waals surface area (Å²) in [5.74, 6) is 0. The first kappa shape index (κ1) is 42.8. The molecular weight excluding hydrogens is 695 g/mol. The number of rotatable bonds is 30. The molecule has 304 valence electrons. The number of benzene rings is 4. The quantitative estimate of drug-likeness (QED) is 0.0439. The first-order chi connectivity index (χ1) is 27.8. The monoisotopic (exact) mass is 772 g/mol. The molecule has 1 nitrogen and oxygen atoms in total. The van der Waals surface area contributed by atoms with E-state index in [0.29, 0.717) is 0 Å². The van der Waals surface area contributed by atoms with Gasteiger partial charge in [-0.05, 0) is 48.9 Å². The van der Waals surface area contributed by atoms with Crippen molar-refractivity contribution >= 4 is 64.1 Å². The molecule has 0 spiro atoms. The lowest BCUT2D eigenvalue weighted by Gasteiger charge is -2.04. The molecule has 0 aliphatic heterocycles. The maximum Gasteiger partial charge on any atom is 0.0545 e. The van der Waals surface area contributed by atoms with Gasteiger partial charge in [0.05, 0.1) is 5.52 Å². The van der Waals surface area contributed by atoms with Crippen LogP contribution in [0, 0.1) is 0 Å². The predicted molar refractivity (Wildman–Crippen MR) is 254 cm³/mol. The Bertz CT molecular complexity index is 1860. The minimum Gasteiger partial charge on any atom is -0.354 e. The molecule has 2 aromatic heterocycles. The van der Waals surface area contributed by atoms with Gasteiger partial charge in [-0.2, -0.15) is 0 Å². The summed E-state index contributed by atoms with van der Waals surface area (Å²) in [7, 11) is 0. The van der Waals surface area contributed by atoms with Crippen molar-refractivity contribution in [3.05, 3.63) is 71.8 Å². The first-order valence-electron chi connectivity index (χ1n) is 24.1. The van der Waals surface area contributed by atoms with Crippen LogP contribution in [-0.2, 0) is 12.8 Å². The van der Waals surface area contributed by atoms with Crippen molar-refractivity contribution in [1.29, 1.82) is 0 Å². The number of hydrogen-bond donors (Lipinski definition) is 1. The van der Waals surface area contributed by atoms with Crippen LogP contribution in [0.15, 0.2) is 60.7 Å². The summed E-state index contributed by atoms with van der Waals surface area (Å²) >= 11 is 2.00. The van der Waals surface area contributed by atoms with Crippen LogP contribution in [0.1, 0.15) is 205 Å². The molecule has 1 N–H and O–H groups in total. The van der Waals surface area contributed by atoms with Crippen LogP contribution < -0.4 is 0 Å². The maximum absolute atomic E-state index is 3.89. The Labute approximate surface area is 345 Å². The van der Waals surface area contributed by atoms with E-state index in [1.54, 1.807) is 0 Å². The molecule has 2 heteroatoms. The fraction of sp³-hybridized carbons (Fsp3) is 0.593. The second-order valence-corrected chi connectivity index (χ2v) is 18.7. The minimum absolute atomic E-state index is 1.19. The molecule has 0 radical (unpaired) electrons. The molecule has 2 heterocycles. The fourth-order valence-corrected chi connectivity index (χ4v) is 10.8. The molecule has 6 aromatic rings. The van der Waals surface area contributed by atoms with E-state index < -0.39 is 0 Å². The number of aromatic nitrogens is 1. The average molecular weight is 772 g/mol. The molecule has 6 rings (SSSR count). The van der Waals surface area contributed by atoms with Gasteiger partial charge < -0.3 is 4.98 Å². The molecular formula is C54H77NS. The number of aryl methyl sites for hydroxylation is 2. The van der Waals surface area contributed by atoms with Crippen molar-refractivity contribution in [1.82, 2.24) is 4.98 Å². The Morgan fingerprint density at radius 3 is 1.20 bits per heavy atom. The van der Waals surface area contributed by atoms with Gasteiger partial charge in [-0.25, -0.2) is 0 Å². The van der Waals surface area contributed by atoms with E-state index in [1.165, 1.54) is 257 Å². The SMILES string of the molecule is CCCCCCCCCCCCCCCCc1ccc2c(c1)[nH]c1c2ccc2c1ccc1c3ccc(CCCCCCCCCCCCCCCC)cc3sc12. The summed E-state index contributed by atoms with van der Waals surface area (Å²) < 4.78 is 2.88. The van der Waals surface area contributed by atoms with E-state index in [2.05, 4.69) is 79.5 Å². The zero-order chi connectivity index (χ0) is 38.6. The summed E-state index contributed by atoms with van der Waals surface area (Å²) in [6, 6.07) is 24.0. The van der Waals surface area contributed by atoms with Crippen molar-refractivity contribution in [3.63, 3.8) is 0 Å². The fourth-order valence-electron chi connectivity index (χ4n) is 9.47. The van der Waals surface area contributed by atoms with Gasteiger partial charge in [0.15, 0.2) is 0 Å². The molecule has 0 unspecified atom stereocenters. The van der Waals surface area contributed by atoms with Crippen molar-refractivity contribution in [2.45, 2.75) is 206 Å².